The maximum atomic E-state index is 5.96. The maximum Gasteiger partial charge on any atom is 0.226 e. The van der Waals surface area contributed by atoms with Crippen LogP contribution in [0.5, 0.6) is 0 Å². The summed E-state index contributed by atoms with van der Waals surface area (Å²) < 4.78 is 0. The van der Waals surface area contributed by atoms with Crippen molar-refractivity contribution in [1.82, 2.24) is 24.9 Å². The highest BCUT2D eigenvalue weighted by atomic mass is 35.5. The van der Waals surface area contributed by atoms with E-state index >= 15 is 0 Å². The molecule has 0 bridgehead atoms. The average Bonchev–Trinajstić information content (AvgIpc) is 2.48. The largest absolute Gasteiger partial charge is 0.364 e. The predicted octanol–water partition coefficient (Wildman–Crippen LogP) is 2.70. The van der Waals surface area contributed by atoms with Crippen molar-refractivity contribution >= 4 is 28.6 Å². The number of aryl methyl sites for hydroxylation is 2. The summed E-state index contributed by atoms with van der Waals surface area (Å²) in [7, 11) is 0. The normalized spacial score (nSPS) is 10.8. The van der Waals surface area contributed by atoms with Crippen LogP contribution in [-0.2, 0) is 6.54 Å². The molecule has 1 N–H and O–H groups in total. The molecule has 0 saturated carbocycles. The van der Waals surface area contributed by atoms with Crippen LogP contribution < -0.4 is 5.32 Å². The van der Waals surface area contributed by atoms with E-state index in [4.69, 9.17) is 11.6 Å². The first-order valence-electron chi connectivity index (χ1n) is 6.45. The highest BCUT2D eigenvalue weighted by molar-refractivity contribution is 6.28. The van der Waals surface area contributed by atoms with Crippen molar-refractivity contribution in [2.75, 3.05) is 5.32 Å². The average molecular weight is 301 g/mol. The maximum absolute atomic E-state index is 5.96. The summed E-state index contributed by atoms with van der Waals surface area (Å²) in [5.41, 5.74) is 3.82. The molecule has 3 heterocycles. The molecule has 0 aromatic carbocycles. The SMILES string of the molecule is Cc1nc2nc(Cl)nc(NCc3cccnc3)c2nc1C. The first-order valence-corrected chi connectivity index (χ1v) is 6.82. The van der Waals surface area contributed by atoms with Gasteiger partial charge < -0.3 is 5.32 Å². The minimum Gasteiger partial charge on any atom is -0.364 e. The van der Waals surface area contributed by atoms with Crippen LogP contribution in [0.25, 0.3) is 11.2 Å². The highest BCUT2D eigenvalue weighted by Crippen LogP contribution is 2.20. The van der Waals surface area contributed by atoms with Crippen molar-refractivity contribution in [2.45, 2.75) is 20.4 Å². The van der Waals surface area contributed by atoms with Crippen LogP contribution in [0, 0.1) is 13.8 Å². The smallest absolute Gasteiger partial charge is 0.226 e. The lowest BCUT2D eigenvalue weighted by atomic mass is 10.3. The molecule has 0 spiro atoms. The number of rotatable bonds is 3. The van der Waals surface area contributed by atoms with Crippen molar-refractivity contribution in [3.8, 4) is 0 Å². The second-order valence-corrected chi connectivity index (χ2v) is 4.96. The summed E-state index contributed by atoms with van der Waals surface area (Å²) in [5.74, 6) is 0.574. The van der Waals surface area contributed by atoms with Crippen LogP contribution in [0.1, 0.15) is 17.0 Å². The van der Waals surface area contributed by atoms with Gasteiger partial charge in [0.1, 0.15) is 0 Å². The molecular formula is C14H13ClN6. The molecule has 0 fully saturated rings. The molecule has 106 valence electrons. The van der Waals surface area contributed by atoms with E-state index in [0.717, 1.165) is 17.0 Å². The molecule has 0 radical (unpaired) electrons. The third-order valence-corrected chi connectivity index (χ3v) is 3.27. The molecule has 0 aliphatic rings. The number of pyridine rings is 1. The van der Waals surface area contributed by atoms with Gasteiger partial charge in [-0.05, 0) is 37.1 Å². The number of aromatic nitrogens is 5. The molecular weight excluding hydrogens is 288 g/mol. The molecule has 0 saturated heterocycles. The Hall–Kier alpha value is -2.34. The fourth-order valence-electron chi connectivity index (χ4n) is 1.90. The quantitative estimate of drug-likeness (QED) is 0.749. The molecule has 0 amide bonds. The van der Waals surface area contributed by atoms with E-state index in [1.807, 2.05) is 26.0 Å². The number of fused-ring (bicyclic) bond motifs is 1. The van der Waals surface area contributed by atoms with Gasteiger partial charge in [-0.2, -0.15) is 9.97 Å². The van der Waals surface area contributed by atoms with Crippen LogP contribution >= 0.6 is 11.6 Å². The lowest BCUT2D eigenvalue weighted by molar-refractivity contribution is 1.04. The molecule has 0 unspecified atom stereocenters. The van der Waals surface area contributed by atoms with Gasteiger partial charge in [-0.1, -0.05) is 6.07 Å². The van der Waals surface area contributed by atoms with Crippen molar-refractivity contribution in [1.29, 1.82) is 0 Å². The lowest BCUT2D eigenvalue weighted by Crippen LogP contribution is -2.06. The summed E-state index contributed by atoms with van der Waals surface area (Å²) in [5, 5.41) is 3.36. The van der Waals surface area contributed by atoms with E-state index in [0.29, 0.717) is 23.5 Å². The van der Waals surface area contributed by atoms with Gasteiger partial charge in [0.05, 0.1) is 11.4 Å². The van der Waals surface area contributed by atoms with E-state index < -0.39 is 0 Å². The van der Waals surface area contributed by atoms with Gasteiger partial charge in [-0.3, -0.25) is 4.98 Å². The number of nitrogens with one attached hydrogen (secondary N) is 1. The molecule has 0 aliphatic carbocycles. The molecule has 7 heteroatoms. The fraction of sp³-hybridized carbons (Fsp3) is 0.214. The monoisotopic (exact) mass is 300 g/mol. The second kappa shape index (κ2) is 5.57. The van der Waals surface area contributed by atoms with Crippen molar-refractivity contribution in [2.24, 2.45) is 0 Å². The first-order chi connectivity index (χ1) is 10.1. The van der Waals surface area contributed by atoms with Crippen LogP contribution in [0.4, 0.5) is 5.82 Å². The van der Waals surface area contributed by atoms with Gasteiger partial charge in [0.15, 0.2) is 17.0 Å². The topological polar surface area (TPSA) is 76.5 Å². The van der Waals surface area contributed by atoms with E-state index in [2.05, 4.69) is 30.2 Å². The van der Waals surface area contributed by atoms with Crippen LogP contribution in [0.3, 0.4) is 0 Å². The number of anilines is 1. The molecule has 6 nitrogen and oxygen atoms in total. The van der Waals surface area contributed by atoms with Gasteiger partial charge in [0.25, 0.3) is 0 Å². The minimum atomic E-state index is 0.147. The first kappa shape index (κ1) is 13.6. The van der Waals surface area contributed by atoms with E-state index in [1.165, 1.54) is 0 Å². The van der Waals surface area contributed by atoms with Crippen LogP contribution in [0.15, 0.2) is 24.5 Å². The van der Waals surface area contributed by atoms with Crippen molar-refractivity contribution in [3.05, 3.63) is 46.8 Å². The lowest BCUT2D eigenvalue weighted by Gasteiger charge is -2.09. The Kier molecular flexibility index (Phi) is 3.62. The highest BCUT2D eigenvalue weighted by Gasteiger charge is 2.11. The minimum absolute atomic E-state index is 0.147. The standard InChI is InChI=1S/C14H13ClN6/c1-8-9(2)19-13-11(18-8)12(20-14(15)21-13)17-7-10-4-3-5-16-6-10/h3-6H,7H2,1-2H3,(H,17,19,20,21). The third-order valence-electron chi connectivity index (χ3n) is 3.10. The molecule has 3 rings (SSSR count). The Bertz CT molecular complexity index is 790. The molecule has 0 atom stereocenters. The van der Waals surface area contributed by atoms with Crippen molar-refractivity contribution in [3.63, 3.8) is 0 Å². The van der Waals surface area contributed by atoms with Crippen LogP contribution in [0.2, 0.25) is 5.28 Å². The number of hydrogen-bond donors (Lipinski definition) is 1. The van der Waals surface area contributed by atoms with Crippen molar-refractivity contribution < 1.29 is 0 Å². The van der Waals surface area contributed by atoms with Gasteiger partial charge in [-0.25, -0.2) is 9.97 Å². The Morgan fingerprint density at radius 3 is 2.67 bits per heavy atom. The Labute approximate surface area is 126 Å². The van der Waals surface area contributed by atoms with Gasteiger partial charge in [-0.15, -0.1) is 0 Å². The Morgan fingerprint density at radius 2 is 1.90 bits per heavy atom. The predicted molar refractivity (Wildman–Crippen MR) is 81.2 cm³/mol. The molecule has 3 aromatic rings. The zero-order valence-electron chi connectivity index (χ0n) is 11.6. The molecule has 0 aliphatic heterocycles. The molecule has 21 heavy (non-hydrogen) atoms. The number of nitrogens with zero attached hydrogens (tertiary/aromatic N) is 5. The second-order valence-electron chi connectivity index (χ2n) is 4.62. The number of hydrogen-bond acceptors (Lipinski definition) is 6. The van der Waals surface area contributed by atoms with Crippen LogP contribution in [-0.4, -0.2) is 24.9 Å². The van der Waals surface area contributed by atoms with E-state index in [1.54, 1.807) is 12.4 Å². The summed E-state index contributed by atoms with van der Waals surface area (Å²) in [4.78, 5) is 21.3. The summed E-state index contributed by atoms with van der Waals surface area (Å²) in [6, 6.07) is 3.86. The van der Waals surface area contributed by atoms with Gasteiger partial charge in [0.2, 0.25) is 5.28 Å². The summed E-state index contributed by atoms with van der Waals surface area (Å²) >= 11 is 5.96. The fourth-order valence-corrected chi connectivity index (χ4v) is 2.06. The molecule has 3 aromatic heterocycles. The van der Waals surface area contributed by atoms with E-state index in [-0.39, 0.29) is 5.28 Å². The van der Waals surface area contributed by atoms with E-state index in [9.17, 15) is 0 Å². The van der Waals surface area contributed by atoms with Gasteiger partial charge >= 0.3 is 0 Å². The zero-order valence-corrected chi connectivity index (χ0v) is 12.4. The third kappa shape index (κ3) is 2.90. The number of halogens is 1. The van der Waals surface area contributed by atoms with Gasteiger partial charge in [0, 0.05) is 18.9 Å². The zero-order chi connectivity index (χ0) is 14.8. The Morgan fingerprint density at radius 1 is 1.10 bits per heavy atom. The summed E-state index contributed by atoms with van der Waals surface area (Å²) in [6.07, 6.45) is 3.52. The Balaban J connectivity index is 1.99. The summed E-state index contributed by atoms with van der Waals surface area (Å²) in [6.45, 7) is 4.37.